The molecule has 122 valence electrons. The Morgan fingerprint density at radius 2 is 2.00 bits per heavy atom. The van der Waals surface area contributed by atoms with Crippen LogP contribution < -0.4 is 16.6 Å². The minimum absolute atomic E-state index is 0. The molecule has 1 amide bonds. The highest BCUT2D eigenvalue weighted by Crippen LogP contribution is 2.27. The van der Waals surface area contributed by atoms with E-state index in [0.29, 0.717) is 18.5 Å². The summed E-state index contributed by atoms with van der Waals surface area (Å²) in [6.45, 7) is 3.58. The predicted molar refractivity (Wildman–Crippen MR) is 89.4 cm³/mol. The summed E-state index contributed by atoms with van der Waals surface area (Å²) < 4.78 is 0. The topological polar surface area (TPSA) is 70.4 Å². The third-order valence-corrected chi connectivity index (χ3v) is 4.68. The summed E-state index contributed by atoms with van der Waals surface area (Å²) in [6.07, 6.45) is 1.81. The molecule has 2 saturated heterocycles. The van der Waals surface area contributed by atoms with Crippen molar-refractivity contribution >= 4 is 18.3 Å². The number of hydrogen-bond donors (Lipinski definition) is 3. The van der Waals surface area contributed by atoms with Gasteiger partial charge < -0.3 is 10.6 Å². The highest BCUT2D eigenvalue weighted by molar-refractivity contribution is 5.85. The van der Waals surface area contributed by atoms with Gasteiger partial charge in [0.05, 0.1) is 0 Å². The number of hydrogen-bond acceptors (Lipinski definition) is 4. The molecule has 1 aromatic rings. The molecule has 22 heavy (non-hydrogen) atoms. The number of nitrogens with two attached hydrogens (primary N) is 1. The van der Waals surface area contributed by atoms with E-state index in [0.717, 1.165) is 19.4 Å². The first-order valence-electron chi connectivity index (χ1n) is 7.75. The van der Waals surface area contributed by atoms with Crippen molar-refractivity contribution in [3.63, 3.8) is 0 Å². The van der Waals surface area contributed by atoms with Crippen molar-refractivity contribution in [3.05, 3.63) is 35.9 Å². The Labute approximate surface area is 138 Å². The third-order valence-electron chi connectivity index (χ3n) is 4.68. The Hall–Kier alpha value is -1.14. The van der Waals surface area contributed by atoms with Gasteiger partial charge in [-0.25, -0.2) is 10.9 Å². The maximum Gasteiger partial charge on any atom is 0.241 e. The molecule has 3 rings (SSSR count). The molecule has 2 aliphatic rings. The van der Waals surface area contributed by atoms with E-state index >= 15 is 0 Å². The maximum atomic E-state index is 12.7. The maximum absolute atomic E-state index is 12.7. The summed E-state index contributed by atoms with van der Waals surface area (Å²) in [7, 11) is 0. The van der Waals surface area contributed by atoms with Crippen LogP contribution in [0.25, 0.3) is 0 Å². The van der Waals surface area contributed by atoms with E-state index in [9.17, 15) is 4.79 Å². The minimum Gasteiger partial charge on any atom is -0.338 e. The van der Waals surface area contributed by atoms with Crippen molar-refractivity contribution in [1.82, 2.24) is 15.8 Å². The van der Waals surface area contributed by atoms with Crippen molar-refractivity contribution in [3.8, 4) is 0 Å². The molecular weight excluding hydrogens is 300 g/mol. The van der Waals surface area contributed by atoms with E-state index in [1.807, 2.05) is 23.1 Å². The molecule has 0 aromatic heterocycles. The lowest BCUT2D eigenvalue weighted by Gasteiger charge is -2.24. The number of carbonyl (C=O) groups excluding carboxylic acids is 1. The van der Waals surface area contributed by atoms with Crippen LogP contribution in [-0.4, -0.2) is 36.0 Å². The van der Waals surface area contributed by atoms with E-state index in [1.165, 1.54) is 5.56 Å². The Bertz CT molecular complexity index is 498. The van der Waals surface area contributed by atoms with Gasteiger partial charge in [0.15, 0.2) is 0 Å². The van der Waals surface area contributed by atoms with Gasteiger partial charge in [0.25, 0.3) is 0 Å². The normalized spacial score (nSPS) is 31.1. The largest absolute Gasteiger partial charge is 0.338 e. The standard InChI is InChI=1S/C16H24N4O.ClH/c1-11-7-12(9-17)10-20(11)16(21)15-8-14(18-19-15)13-5-3-2-4-6-13;/h2-6,11-12,14-15,18-19H,7-10,17H2,1H3;1H. The molecule has 2 heterocycles. The van der Waals surface area contributed by atoms with Crippen LogP contribution in [0, 0.1) is 5.92 Å². The molecule has 4 unspecified atom stereocenters. The first-order chi connectivity index (χ1) is 10.2. The molecule has 0 bridgehead atoms. The summed E-state index contributed by atoms with van der Waals surface area (Å²) in [5.41, 5.74) is 13.4. The van der Waals surface area contributed by atoms with Crippen LogP contribution in [0.5, 0.6) is 0 Å². The van der Waals surface area contributed by atoms with Gasteiger partial charge in [-0.05, 0) is 37.8 Å². The number of carbonyl (C=O) groups is 1. The fourth-order valence-corrected chi connectivity index (χ4v) is 3.44. The van der Waals surface area contributed by atoms with Crippen molar-refractivity contribution in [2.24, 2.45) is 11.7 Å². The van der Waals surface area contributed by atoms with Crippen LogP contribution >= 0.6 is 12.4 Å². The van der Waals surface area contributed by atoms with E-state index < -0.39 is 0 Å². The lowest BCUT2D eigenvalue weighted by atomic mass is 10.0. The molecular formula is C16H25ClN4O. The number of benzene rings is 1. The van der Waals surface area contributed by atoms with Crippen LogP contribution in [-0.2, 0) is 4.79 Å². The second-order valence-corrected chi connectivity index (χ2v) is 6.22. The Kier molecular flexibility index (Phi) is 5.81. The van der Waals surface area contributed by atoms with E-state index in [2.05, 4.69) is 29.9 Å². The van der Waals surface area contributed by atoms with Crippen LogP contribution in [0.2, 0.25) is 0 Å². The van der Waals surface area contributed by atoms with Gasteiger partial charge in [-0.1, -0.05) is 30.3 Å². The summed E-state index contributed by atoms with van der Waals surface area (Å²) in [5.74, 6) is 0.646. The van der Waals surface area contributed by atoms with Gasteiger partial charge in [-0.15, -0.1) is 12.4 Å². The second kappa shape index (κ2) is 7.42. The second-order valence-electron chi connectivity index (χ2n) is 6.22. The van der Waals surface area contributed by atoms with Crippen molar-refractivity contribution in [2.75, 3.05) is 13.1 Å². The highest BCUT2D eigenvalue weighted by Gasteiger charge is 2.38. The molecule has 0 saturated carbocycles. The number of nitrogens with one attached hydrogen (secondary N) is 2. The fourth-order valence-electron chi connectivity index (χ4n) is 3.44. The first kappa shape index (κ1) is 17.2. The number of nitrogens with zero attached hydrogens (tertiary/aromatic N) is 1. The summed E-state index contributed by atoms with van der Waals surface area (Å²) in [4.78, 5) is 14.7. The number of rotatable bonds is 3. The van der Waals surface area contributed by atoms with Gasteiger partial charge in [-0.2, -0.15) is 0 Å². The quantitative estimate of drug-likeness (QED) is 0.781. The fraction of sp³-hybridized carbons (Fsp3) is 0.562. The summed E-state index contributed by atoms with van der Waals surface area (Å²) in [5, 5.41) is 0. The number of amides is 1. The average Bonchev–Trinajstić information content (AvgIpc) is 3.14. The number of likely N-dealkylation sites (tertiary alicyclic amines) is 1. The Balaban J connectivity index is 0.00000176. The van der Waals surface area contributed by atoms with Gasteiger partial charge in [0.2, 0.25) is 5.91 Å². The molecule has 4 N–H and O–H groups in total. The zero-order valence-electron chi connectivity index (χ0n) is 12.9. The molecule has 0 aliphatic carbocycles. The van der Waals surface area contributed by atoms with Crippen molar-refractivity contribution < 1.29 is 4.79 Å². The van der Waals surface area contributed by atoms with Gasteiger partial charge in [0.1, 0.15) is 6.04 Å². The minimum atomic E-state index is -0.144. The molecule has 1 aromatic carbocycles. The van der Waals surface area contributed by atoms with Crippen LogP contribution in [0.4, 0.5) is 0 Å². The molecule has 0 radical (unpaired) electrons. The summed E-state index contributed by atoms with van der Waals surface area (Å²) >= 11 is 0. The van der Waals surface area contributed by atoms with E-state index in [-0.39, 0.29) is 30.4 Å². The van der Waals surface area contributed by atoms with E-state index in [1.54, 1.807) is 0 Å². The summed E-state index contributed by atoms with van der Waals surface area (Å²) in [6, 6.07) is 10.6. The zero-order valence-corrected chi connectivity index (χ0v) is 13.7. The Morgan fingerprint density at radius 3 is 2.64 bits per heavy atom. The number of halogens is 1. The lowest BCUT2D eigenvalue weighted by molar-refractivity contribution is -0.133. The smallest absolute Gasteiger partial charge is 0.241 e. The molecule has 2 fully saturated rings. The molecule has 4 atom stereocenters. The van der Waals surface area contributed by atoms with Crippen LogP contribution in [0.3, 0.4) is 0 Å². The Morgan fingerprint density at radius 1 is 1.27 bits per heavy atom. The average molecular weight is 325 g/mol. The SMILES string of the molecule is CC1CC(CN)CN1C(=O)C1CC(c2ccccc2)NN1.Cl. The van der Waals surface area contributed by atoms with Crippen LogP contribution in [0.15, 0.2) is 30.3 Å². The molecule has 6 heteroatoms. The zero-order chi connectivity index (χ0) is 14.8. The molecule has 5 nitrogen and oxygen atoms in total. The predicted octanol–water partition coefficient (Wildman–Crippen LogP) is 1.21. The number of hydrazine groups is 1. The van der Waals surface area contributed by atoms with Gasteiger partial charge >= 0.3 is 0 Å². The lowest BCUT2D eigenvalue weighted by Crippen LogP contribution is -2.47. The molecule has 2 aliphatic heterocycles. The van der Waals surface area contributed by atoms with E-state index in [4.69, 9.17) is 5.73 Å². The van der Waals surface area contributed by atoms with Gasteiger partial charge in [0, 0.05) is 18.6 Å². The third kappa shape index (κ3) is 3.43. The first-order valence-corrected chi connectivity index (χ1v) is 7.75. The van der Waals surface area contributed by atoms with Crippen LogP contribution in [0.1, 0.15) is 31.4 Å². The highest BCUT2D eigenvalue weighted by atomic mass is 35.5. The van der Waals surface area contributed by atoms with Gasteiger partial charge in [-0.3, -0.25) is 4.79 Å². The van der Waals surface area contributed by atoms with Crippen molar-refractivity contribution in [2.45, 2.75) is 37.9 Å². The van der Waals surface area contributed by atoms with Crippen molar-refractivity contribution in [1.29, 1.82) is 0 Å². The molecule has 0 spiro atoms. The monoisotopic (exact) mass is 324 g/mol.